The maximum atomic E-state index is 2.64. The fourth-order valence-electron chi connectivity index (χ4n) is 1.98. The van der Waals surface area contributed by atoms with Crippen LogP contribution in [0.15, 0.2) is 21.8 Å². The zero-order valence-electron chi connectivity index (χ0n) is 10.6. The van der Waals surface area contributed by atoms with Crippen LogP contribution in [-0.2, 0) is 0 Å². The molecule has 0 aromatic rings. The third-order valence-electron chi connectivity index (χ3n) is 3.06. The van der Waals surface area contributed by atoms with Gasteiger partial charge in [-0.2, -0.15) is 0 Å². The molecule has 1 aliphatic rings. The van der Waals surface area contributed by atoms with E-state index in [9.17, 15) is 0 Å². The van der Waals surface area contributed by atoms with Crippen molar-refractivity contribution in [1.82, 2.24) is 4.90 Å². The molecule has 0 N–H and O–H groups in total. The van der Waals surface area contributed by atoms with Gasteiger partial charge in [0.15, 0.2) is 0 Å². The Kier molecular flexibility index (Phi) is 7.37. The molecule has 1 nitrogen and oxygen atoms in total. The van der Waals surface area contributed by atoms with E-state index in [4.69, 9.17) is 0 Å². The van der Waals surface area contributed by atoms with Crippen molar-refractivity contribution in [1.29, 1.82) is 0 Å². The Bertz CT molecular complexity index is 237. The number of halogens is 1. The van der Waals surface area contributed by atoms with Gasteiger partial charge >= 0.3 is 0 Å². The zero-order valence-corrected chi connectivity index (χ0v) is 12.7. The van der Waals surface area contributed by atoms with Crippen molar-refractivity contribution in [3.05, 3.63) is 21.8 Å². The monoisotopic (exact) mass is 333 g/mol. The smallest absolute Gasteiger partial charge is 0.0207 e. The van der Waals surface area contributed by atoms with Gasteiger partial charge in [-0.1, -0.05) is 44.9 Å². The number of unbranched alkanes of at least 4 members (excludes halogenated alkanes) is 2. The van der Waals surface area contributed by atoms with Crippen LogP contribution in [0.3, 0.4) is 0 Å². The minimum absolute atomic E-state index is 0.661. The van der Waals surface area contributed by atoms with Crippen LogP contribution < -0.4 is 0 Å². The zero-order chi connectivity index (χ0) is 11.8. The first kappa shape index (κ1) is 14.2. The molecule has 1 aliphatic carbocycles. The fourth-order valence-corrected chi connectivity index (χ4v) is 2.59. The number of rotatable bonds is 8. The SMILES string of the molecule is CCCCN(CCCC)CC1C=CC=C1I. The van der Waals surface area contributed by atoms with Crippen LogP contribution in [0.1, 0.15) is 39.5 Å². The van der Waals surface area contributed by atoms with Gasteiger partial charge in [-0.15, -0.1) is 0 Å². The lowest BCUT2D eigenvalue weighted by Crippen LogP contribution is -2.30. The van der Waals surface area contributed by atoms with Gasteiger partial charge in [-0.3, -0.25) is 0 Å². The normalized spacial score (nSPS) is 19.5. The molecular weight excluding hydrogens is 309 g/mol. The van der Waals surface area contributed by atoms with Crippen LogP contribution in [0.2, 0.25) is 0 Å². The molecule has 1 unspecified atom stereocenters. The Labute approximate surface area is 114 Å². The van der Waals surface area contributed by atoms with E-state index < -0.39 is 0 Å². The predicted molar refractivity (Wildman–Crippen MR) is 81.0 cm³/mol. The largest absolute Gasteiger partial charge is 0.302 e. The number of hydrogen-bond acceptors (Lipinski definition) is 1. The molecule has 0 amide bonds. The van der Waals surface area contributed by atoms with Gasteiger partial charge in [0.25, 0.3) is 0 Å². The van der Waals surface area contributed by atoms with Crippen molar-refractivity contribution in [3.63, 3.8) is 0 Å². The van der Waals surface area contributed by atoms with E-state index in [1.165, 1.54) is 48.9 Å². The van der Waals surface area contributed by atoms with E-state index in [2.05, 4.69) is 59.6 Å². The average molecular weight is 333 g/mol. The van der Waals surface area contributed by atoms with Crippen LogP contribution in [0, 0.1) is 5.92 Å². The summed E-state index contributed by atoms with van der Waals surface area (Å²) in [5, 5.41) is 0. The van der Waals surface area contributed by atoms with E-state index in [0.717, 1.165) is 0 Å². The van der Waals surface area contributed by atoms with Gasteiger partial charge in [-0.25, -0.2) is 0 Å². The van der Waals surface area contributed by atoms with Gasteiger partial charge in [0.2, 0.25) is 0 Å². The second kappa shape index (κ2) is 8.29. The van der Waals surface area contributed by atoms with E-state index in [-0.39, 0.29) is 0 Å². The molecule has 0 fully saturated rings. The van der Waals surface area contributed by atoms with Crippen molar-refractivity contribution < 1.29 is 0 Å². The highest BCUT2D eigenvalue weighted by Gasteiger charge is 2.15. The fraction of sp³-hybridized carbons (Fsp3) is 0.714. The van der Waals surface area contributed by atoms with Crippen LogP contribution >= 0.6 is 22.6 Å². The Morgan fingerprint density at radius 2 is 1.81 bits per heavy atom. The van der Waals surface area contributed by atoms with E-state index in [1.807, 2.05) is 0 Å². The quantitative estimate of drug-likeness (QED) is 0.596. The van der Waals surface area contributed by atoms with Gasteiger partial charge in [0.1, 0.15) is 0 Å². The molecule has 0 aliphatic heterocycles. The van der Waals surface area contributed by atoms with Gasteiger partial charge in [-0.05, 0) is 52.1 Å². The molecule has 0 aromatic carbocycles. The Balaban J connectivity index is 2.36. The van der Waals surface area contributed by atoms with E-state index in [1.54, 1.807) is 0 Å². The van der Waals surface area contributed by atoms with Crippen LogP contribution in [-0.4, -0.2) is 24.5 Å². The molecule has 1 rings (SSSR count). The summed E-state index contributed by atoms with van der Waals surface area (Å²) in [6, 6.07) is 0. The lowest BCUT2D eigenvalue weighted by molar-refractivity contribution is 0.253. The molecule has 2 heteroatoms. The topological polar surface area (TPSA) is 3.24 Å². The average Bonchev–Trinajstić information content (AvgIpc) is 2.68. The molecule has 0 saturated carbocycles. The molecule has 1 atom stereocenters. The predicted octanol–water partition coefficient (Wildman–Crippen LogP) is 4.39. The summed E-state index contributed by atoms with van der Waals surface area (Å²) in [6.07, 6.45) is 12.0. The summed E-state index contributed by atoms with van der Waals surface area (Å²) < 4.78 is 1.50. The van der Waals surface area contributed by atoms with Crippen molar-refractivity contribution in [2.24, 2.45) is 5.92 Å². The Hall–Kier alpha value is 0.170. The first-order chi connectivity index (χ1) is 7.77. The molecular formula is C14H24IN. The summed E-state index contributed by atoms with van der Waals surface area (Å²) >= 11 is 2.47. The number of hydrogen-bond donors (Lipinski definition) is 0. The summed E-state index contributed by atoms with van der Waals surface area (Å²) in [5.41, 5.74) is 0. The lowest BCUT2D eigenvalue weighted by atomic mass is 10.1. The first-order valence-electron chi connectivity index (χ1n) is 6.54. The Morgan fingerprint density at radius 3 is 2.25 bits per heavy atom. The summed E-state index contributed by atoms with van der Waals surface area (Å²) in [5.74, 6) is 0.661. The third kappa shape index (κ3) is 5.00. The minimum atomic E-state index is 0.661. The molecule has 16 heavy (non-hydrogen) atoms. The molecule has 0 saturated heterocycles. The summed E-state index contributed by atoms with van der Waals surface area (Å²) in [6.45, 7) is 8.30. The molecule has 0 heterocycles. The highest BCUT2D eigenvalue weighted by atomic mass is 127. The van der Waals surface area contributed by atoms with Crippen molar-refractivity contribution >= 4 is 22.6 Å². The first-order valence-corrected chi connectivity index (χ1v) is 7.62. The van der Waals surface area contributed by atoms with Crippen LogP contribution in [0.4, 0.5) is 0 Å². The molecule has 0 radical (unpaired) electrons. The second-order valence-corrected chi connectivity index (χ2v) is 5.80. The van der Waals surface area contributed by atoms with Crippen molar-refractivity contribution in [3.8, 4) is 0 Å². The summed E-state index contributed by atoms with van der Waals surface area (Å²) in [7, 11) is 0. The number of allylic oxidation sites excluding steroid dienone is 2. The van der Waals surface area contributed by atoms with Crippen LogP contribution in [0.25, 0.3) is 0 Å². The van der Waals surface area contributed by atoms with Crippen molar-refractivity contribution in [2.45, 2.75) is 39.5 Å². The Morgan fingerprint density at radius 1 is 1.19 bits per heavy atom. The standard InChI is InChI=1S/C14H24IN/c1-3-5-10-16(11-6-4-2)12-13-8-7-9-14(13)15/h7-9,13H,3-6,10-12H2,1-2H3. The highest BCUT2D eigenvalue weighted by Crippen LogP contribution is 2.26. The molecule has 0 bridgehead atoms. The maximum absolute atomic E-state index is 2.64. The summed E-state index contributed by atoms with van der Waals surface area (Å²) in [4.78, 5) is 2.64. The van der Waals surface area contributed by atoms with Gasteiger partial charge in [0.05, 0.1) is 0 Å². The van der Waals surface area contributed by atoms with Crippen molar-refractivity contribution in [2.75, 3.05) is 19.6 Å². The number of nitrogens with zero attached hydrogens (tertiary/aromatic N) is 1. The maximum Gasteiger partial charge on any atom is 0.0207 e. The van der Waals surface area contributed by atoms with Gasteiger partial charge in [0, 0.05) is 12.5 Å². The lowest BCUT2D eigenvalue weighted by Gasteiger charge is -2.25. The van der Waals surface area contributed by atoms with Crippen LogP contribution in [0.5, 0.6) is 0 Å². The third-order valence-corrected chi connectivity index (χ3v) is 4.22. The second-order valence-electron chi connectivity index (χ2n) is 4.55. The molecule has 0 aromatic heterocycles. The highest BCUT2D eigenvalue weighted by molar-refractivity contribution is 14.1. The molecule has 92 valence electrons. The minimum Gasteiger partial charge on any atom is -0.302 e. The van der Waals surface area contributed by atoms with E-state index in [0.29, 0.717) is 5.92 Å². The van der Waals surface area contributed by atoms with E-state index >= 15 is 0 Å². The van der Waals surface area contributed by atoms with Gasteiger partial charge < -0.3 is 4.90 Å². The molecule has 0 spiro atoms.